The highest BCUT2D eigenvalue weighted by Gasteiger charge is 2.19. The molecule has 0 heterocycles. The van der Waals surface area contributed by atoms with Crippen LogP contribution in [0.4, 0.5) is 5.69 Å². The molecule has 0 aliphatic rings. The van der Waals surface area contributed by atoms with Crippen molar-refractivity contribution in [3.05, 3.63) is 89.5 Å². The van der Waals surface area contributed by atoms with Crippen LogP contribution in [0.5, 0.6) is 0 Å². The van der Waals surface area contributed by atoms with E-state index in [2.05, 4.69) is 11.9 Å². The van der Waals surface area contributed by atoms with E-state index >= 15 is 0 Å². The summed E-state index contributed by atoms with van der Waals surface area (Å²) in [6, 6.07) is 22.1. The van der Waals surface area contributed by atoms with Crippen LogP contribution in [0.25, 0.3) is 0 Å². The fraction of sp³-hybridized carbons (Fsp3) is 0.222. The van der Waals surface area contributed by atoms with Crippen molar-refractivity contribution in [1.29, 1.82) is 0 Å². The average Bonchev–Trinajstić information content (AvgIpc) is 2.82. The van der Waals surface area contributed by atoms with Crippen LogP contribution in [-0.2, 0) is 0 Å². The summed E-state index contributed by atoms with van der Waals surface area (Å²) >= 11 is 1.62. The Morgan fingerprint density at radius 2 is 1.53 bits per heavy atom. The van der Waals surface area contributed by atoms with Crippen molar-refractivity contribution < 1.29 is 14.7 Å². The van der Waals surface area contributed by atoms with Crippen molar-refractivity contribution in [2.24, 2.45) is 4.99 Å². The number of para-hydroxylation sites is 1. The molecule has 4 nitrogen and oxygen atoms in total. The second kappa shape index (κ2) is 12.0. The summed E-state index contributed by atoms with van der Waals surface area (Å²) in [5, 5.41) is 9.60. The number of carbonyl (C=O) groups is 2. The summed E-state index contributed by atoms with van der Waals surface area (Å²) in [7, 11) is 0. The van der Waals surface area contributed by atoms with E-state index in [0.717, 1.165) is 35.5 Å². The van der Waals surface area contributed by atoms with Gasteiger partial charge in [-0.1, -0.05) is 62.2 Å². The van der Waals surface area contributed by atoms with Gasteiger partial charge in [0.15, 0.2) is 5.78 Å². The molecule has 0 unspecified atom stereocenters. The Bertz CT molecular complexity index is 1080. The Labute approximate surface area is 193 Å². The van der Waals surface area contributed by atoms with Crippen LogP contribution in [-0.4, -0.2) is 23.1 Å². The fourth-order valence-electron chi connectivity index (χ4n) is 3.31. The molecule has 5 heteroatoms. The maximum Gasteiger partial charge on any atom is 0.337 e. The van der Waals surface area contributed by atoms with E-state index in [1.165, 1.54) is 12.5 Å². The van der Waals surface area contributed by atoms with Gasteiger partial charge in [0.25, 0.3) is 0 Å². The molecular weight excluding hydrogens is 418 g/mol. The van der Waals surface area contributed by atoms with Crippen molar-refractivity contribution in [2.75, 3.05) is 0 Å². The number of hydrogen-bond donors (Lipinski definition) is 1. The molecule has 1 N–H and O–H groups in total. The van der Waals surface area contributed by atoms with Gasteiger partial charge < -0.3 is 5.11 Å². The van der Waals surface area contributed by atoms with Crippen LogP contribution in [0.15, 0.2) is 87.6 Å². The van der Waals surface area contributed by atoms with E-state index < -0.39 is 5.97 Å². The number of aromatic carboxylic acids is 1. The predicted octanol–water partition coefficient (Wildman–Crippen LogP) is 7.44. The smallest absolute Gasteiger partial charge is 0.337 e. The van der Waals surface area contributed by atoms with Crippen molar-refractivity contribution >= 4 is 35.4 Å². The van der Waals surface area contributed by atoms with Gasteiger partial charge in [0, 0.05) is 27.1 Å². The highest BCUT2D eigenvalue weighted by atomic mass is 32.2. The Morgan fingerprint density at radius 1 is 0.844 bits per heavy atom. The van der Waals surface area contributed by atoms with Crippen molar-refractivity contribution in [2.45, 2.75) is 48.8 Å². The molecule has 0 saturated heterocycles. The summed E-state index contributed by atoms with van der Waals surface area (Å²) < 4.78 is 0. The number of hydrogen-bond acceptors (Lipinski definition) is 4. The Morgan fingerprint density at radius 3 is 2.22 bits per heavy atom. The van der Waals surface area contributed by atoms with E-state index in [0.29, 0.717) is 11.1 Å². The molecule has 0 aliphatic carbocycles. The summed E-state index contributed by atoms with van der Waals surface area (Å²) in [6.45, 7) is 2.15. The average molecular weight is 446 g/mol. The molecule has 0 fully saturated rings. The number of carbonyl (C=O) groups excluding carboxylic acids is 1. The number of unbranched alkanes of at least 4 members (excludes halogenated alkanes) is 4. The monoisotopic (exact) mass is 445 g/mol. The molecule has 0 aromatic heterocycles. The highest BCUT2D eigenvalue weighted by Crippen LogP contribution is 2.30. The minimum absolute atomic E-state index is 0.0388. The lowest BCUT2D eigenvalue weighted by molar-refractivity contribution is 0.0698. The first-order valence-corrected chi connectivity index (χ1v) is 11.7. The van der Waals surface area contributed by atoms with Crippen LogP contribution < -0.4 is 0 Å². The molecule has 32 heavy (non-hydrogen) atoms. The zero-order valence-electron chi connectivity index (χ0n) is 18.2. The Balaban J connectivity index is 1.81. The summed E-state index contributed by atoms with van der Waals surface area (Å²) in [4.78, 5) is 31.5. The van der Waals surface area contributed by atoms with Crippen LogP contribution >= 0.6 is 11.8 Å². The minimum Gasteiger partial charge on any atom is -0.478 e. The first kappa shape index (κ1) is 23.5. The molecule has 3 aromatic carbocycles. The molecule has 0 bridgehead atoms. The van der Waals surface area contributed by atoms with Gasteiger partial charge >= 0.3 is 5.97 Å². The maximum absolute atomic E-state index is 13.2. The molecule has 0 amide bonds. The Kier molecular flexibility index (Phi) is 8.81. The predicted molar refractivity (Wildman–Crippen MR) is 131 cm³/mol. The van der Waals surface area contributed by atoms with Gasteiger partial charge in [0.05, 0.1) is 11.3 Å². The number of ketones is 1. The van der Waals surface area contributed by atoms with Gasteiger partial charge in [-0.2, -0.15) is 0 Å². The van der Waals surface area contributed by atoms with Gasteiger partial charge in [-0.3, -0.25) is 9.79 Å². The van der Waals surface area contributed by atoms with Gasteiger partial charge in [-0.25, -0.2) is 4.79 Å². The molecule has 3 aromatic rings. The third kappa shape index (κ3) is 6.41. The van der Waals surface area contributed by atoms with Gasteiger partial charge in [-0.05, 0) is 61.4 Å². The zero-order chi connectivity index (χ0) is 22.8. The second-order valence-corrected chi connectivity index (χ2v) is 8.58. The zero-order valence-corrected chi connectivity index (χ0v) is 19.0. The van der Waals surface area contributed by atoms with E-state index in [1.807, 2.05) is 42.5 Å². The lowest BCUT2D eigenvalue weighted by Gasteiger charge is -2.09. The normalized spacial score (nSPS) is 11.0. The van der Waals surface area contributed by atoms with E-state index in [1.54, 1.807) is 42.2 Å². The standard InChI is InChI=1S/C27H27NO3S/c1-2-3-4-5-9-19-28-25-23(13-10-14-24(25)27(30)31)26(29)20-15-17-22(18-16-20)32-21-11-7-6-8-12-21/h6-8,10-19H,2-5,9H2,1H3,(H,30,31). The SMILES string of the molecule is CCCCCCC=Nc1c(C(=O)O)cccc1C(=O)c1ccc(Sc2ccccc2)cc1. The summed E-state index contributed by atoms with van der Waals surface area (Å²) in [5.41, 5.74) is 1.07. The summed E-state index contributed by atoms with van der Waals surface area (Å²) in [5.74, 6) is -1.32. The van der Waals surface area contributed by atoms with Gasteiger partial charge in [0.2, 0.25) is 0 Å². The molecule has 0 radical (unpaired) electrons. The summed E-state index contributed by atoms with van der Waals surface area (Å²) in [6.07, 6.45) is 6.92. The van der Waals surface area contributed by atoms with Crippen LogP contribution in [0.2, 0.25) is 0 Å². The maximum atomic E-state index is 13.2. The first-order valence-electron chi connectivity index (χ1n) is 10.9. The number of carboxylic acids is 1. The number of carboxylic acid groups (broad SMARTS) is 1. The molecule has 164 valence electrons. The first-order chi connectivity index (χ1) is 15.6. The van der Waals surface area contributed by atoms with Crippen molar-refractivity contribution in [3.63, 3.8) is 0 Å². The molecule has 0 spiro atoms. The minimum atomic E-state index is -1.09. The Hall–Kier alpha value is -3.18. The molecule has 0 saturated carbocycles. The van der Waals surface area contributed by atoms with Crippen LogP contribution in [0, 0.1) is 0 Å². The van der Waals surface area contributed by atoms with E-state index in [-0.39, 0.29) is 17.0 Å². The second-order valence-electron chi connectivity index (χ2n) is 7.44. The lowest BCUT2D eigenvalue weighted by Crippen LogP contribution is -2.06. The van der Waals surface area contributed by atoms with Gasteiger partial charge in [0.1, 0.15) is 0 Å². The molecular formula is C27H27NO3S. The fourth-order valence-corrected chi connectivity index (χ4v) is 4.15. The van der Waals surface area contributed by atoms with E-state index in [9.17, 15) is 14.7 Å². The molecule has 0 atom stereocenters. The van der Waals surface area contributed by atoms with E-state index in [4.69, 9.17) is 0 Å². The number of rotatable bonds is 11. The highest BCUT2D eigenvalue weighted by molar-refractivity contribution is 7.99. The molecule has 0 aliphatic heterocycles. The topological polar surface area (TPSA) is 66.7 Å². The number of nitrogens with zero attached hydrogens (tertiary/aromatic N) is 1. The van der Waals surface area contributed by atoms with Crippen molar-refractivity contribution in [1.82, 2.24) is 0 Å². The molecule has 3 rings (SSSR count). The van der Waals surface area contributed by atoms with Crippen molar-refractivity contribution in [3.8, 4) is 0 Å². The van der Waals surface area contributed by atoms with Crippen LogP contribution in [0.1, 0.15) is 65.3 Å². The lowest BCUT2D eigenvalue weighted by atomic mass is 9.99. The quantitative estimate of drug-likeness (QED) is 0.189. The van der Waals surface area contributed by atoms with Gasteiger partial charge in [-0.15, -0.1) is 0 Å². The largest absolute Gasteiger partial charge is 0.478 e. The van der Waals surface area contributed by atoms with Crippen LogP contribution in [0.3, 0.4) is 0 Å². The third-order valence-electron chi connectivity index (χ3n) is 5.01. The number of aliphatic imine (C=N–C) groups is 1. The third-order valence-corrected chi connectivity index (χ3v) is 6.03. The number of benzene rings is 3.